The lowest BCUT2D eigenvalue weighted by molar-refractivity contribution is -0.121. The van der Waals surface area contributed by atoms with Crippen LogP contribution in [0.5, 0.6) is 11.5 Å². The molecule has 0 radical (unpaired) electrons. The van der Waals surface area contributed by atoms with E-state index in [-0.39, 0.29) is 11.9 Å². The fraction of sp³-hybridized carbons (Fsp3) is 0.350. The molecule has 0 bridgehead atoms. The number of ether oxygens (including phenoxy) is 2. The summed E-state index contributed by atoms with van der Waals surface area (Å²) in [7, 11) is 3.18. The Morgan fingerprint density at radius 2 is 1.71 bits per heavy atom. The molecule has 24 heavy (non-hydrogen) atoms. The number of hydrogen-bond acceptors (Lipinski definition) is 3. The van der Waals surface area contributed by atoms with Crippen molar-refractivity contribution in [2.24, 2.45) is 0 Å². The molecule has 2 aromatic rings. The standard InChI is InChI=1S/C20H25NO3/c1-5-17(16-9-6-14(2)7-10-16)21-20(22)13-15-8-11-18(23-3)19(12-15)24-4/h6-12,17H,5,13H2,1-4H3,(H,21,22)/t17-/m1/s1. The normalized spacial score (nSPS) is 11.7. The fourth-order valence-electron chi connectivity index (χ4n) is 2.64. The minimum Gasteiger partial charge on any atom is -0.493 e. The highest BCUT2D eigenvalue weighted by Crippen LogP contribution is 2.27. The van der Waals surface area contributed by atoms with Crippen LogP contribution in [0.2, 0.25) is 0 Å². The van der Waals surface area contributed by atoms with Gasteiger partial charge in [0, 0.05) is 0 Å². The van der Waals surface area contributed by atoms with Crippen LogP contribution in [0.15, 0.2) is 42.5 Å². The molecule has 2 rings (SSSR count). The molecule has 1 atom stereocenters. The van der Waals surface area contributed by atoms with Crippen LogP contribution in [0.4, 0.5) is 0 Å². The molecule has 4 nitrogen and oxygen atoms in total. The number of carbonyl (C=O) groups excluding carboxylic acids is 1. The monoisotopic (exact) mass is 327 g/mol. The molecule has 1 amide bonds. The van der Waals surface area contributed by atoms with Crippen molar-refractivity contribution < 1.29 is 14.3 Å². The number of aryl methyl sites for hydroxylation is 1. The molecule has 0 saturated carbocycles. The van der Waals surface area contributed by atoms with Crippen molar-refractivity contribution in [3.63, 3.8) is 0 Å². The van der Waals surface area contributed by atoms with Crippen molar-refractivity contribution in [2.45, 2.75) is 32.7 Å². The number of amides is 1. The van der Waals surface area contributed by atoms with E-state index in [0.29, 0.717) is 17.9 Å². The van der Waals surface area contributed by atoms with E-state index in [0.717, 1.165) is 17.5 Å². The van der Waals surface area contributed by atoms with Crippen LogP contribution in [-0.2, 0) is 11.2 Å². The Labute approximate surface area is 143 Å². The summed E-state index contributed by atoms with van der Waals surface area (Å²) in [4.78, 5) is 12.4. The maximum Gasteiger partial charge on any atom is 0.224 e. The zero-order chi connectivity index (χ0) is 17.5. The number of hydrogen-bond donors (Lipinski definition) is 1. The van der Waals surface area contributed by atoms with Crippen molar-refractivity contribution in [1.82, 2.24) is 5.32 Å². The summed E-state index contributed by atoms with van der Waals surface area (Å²) < 4.78 is 10.5. The lowest BCUT2D eigenvalue weighted by Gasteiger charge is -2.18. The van der Waals surface area contributed by atoms with Crippen molar-refractivity contribution in [2.75, 3.05) is 14.2 Å². The minimum absolute atomic E-state index is 0.00496. The molecule has 0 aliphatic rings. The third kappa shape index (κ3) is 4.51. The molecular weight excluding hydrogens is 302 g/mol. The van der Waals surface area contributed by atoms with Crippen LogP contribution in [0.25, 0.3) is 0 Å². The summed E-state index contributed by atoms with van der Waals surface area (Å²) in [6.45, 7) is 4.13. The van der Waals surface area contributed by atoms with E-state index in [2.05, 4.69) is 43.4 Å². The summed E-state index contributed by atoms with van der Waals surface area (Å²) in [5, 5.41) is 3.11. The SMILES string of the molecule is CC[C@@H](NC(=O)Cc1ccc(OC)c(OC)c1)c1ccc(C)cc1. The Morgan fingerprint density at radius 3 is 2.29 bits per heavy atom. The maximum atomic E-state index is 12.4. The van der Waals surface area contributed by atoms with Gasteiger partial charge >= 0.3 is 0 Å². The Balaban J connectivity index is 2.05. The van der Waals surface area contributed by atoms with Crippen LogP contribution >= 0.6 is 0 Å². The lowest BCUT2D eigenvalue weighted by Crippen LogP contribution is -2.29. The first-order valence-corrected chi connectivity index (χ1v) is 8.14. The summed E-state index contributed by atoms with van der Waals surface area (Å²) in [6.07, 6.45) is 1.16. The summed E-state index contributed by atoms with van der Waals surface area (Å²) >= 11 is 0. The van der Waals surface area contributed by atoms with E-state index in [1.165, 1.54) is 5.56 Å². The number of benzene rings is 2. The molecule has 1 N–H and O–H groups in total. The van der Waals surface area contributed by atoms with Crippen LogP contribution in [0.3, 0.4) is 0 Å². The van der Waals surface area contributed by atoms with E-state index in [1.54, 1.807) is 14.2 Å². The second kappa shape index (κ2) is 8.39. The van der Waals surface area contributed by atoms with E-state index in [1.807, 2.05) is 18.2 Å². The van der Waals surface area contributed by atoms with Gasteiger partial charge in [0.1, 0.15) is 0 Å². The predicted molar refractivity (Wildman–Crippen MR) is 95.6 cm³/mol. The van der Waals surface area contributed by atoms with Crippen molar-refractivity contribution >= 4 is 5.91 Å². The molecule has 128 valence electrons. The van der Waals surface area contributed by atoms with E-state index >= 15 is 0 Å². The molecule has 0 spiro atoms. The highest BCUT2D eigenvalue weighted by molar-refractivity contribution is 5.79. The first kappa shape index (κ1) is 17.9. The maximum absolute atomic E-state index is 12.4. The summed E-state index contributed by atoms with van der Waals surface area (Å²) in [6, 6.07) is 13.8. The third-order valence-corrected chi connectivity index (χ3v) is 4.04. The second-order valence-corrected chi connectivity index (χ2v) is 5.81. The van der Waals surface area contributed by atoms with E-state index in [4.69, 9.17) is 9.47 Å². The average Bonchev–Trinajstić information content (AvgIpc) is 2.60. The number of rotatable bonds is 7. The summed E-state index contributed by atoms with van der Waals surface area (Å²) in [5.74, 6) is 1.29. The van der Waals surface area contributed by atoms with Gasteiger partial charge in [-0.05, 0) is 36.6 Å². The quantitative estimate of drug-likeness (QED) is 0.841. The lowest BCUT2D eigenvalue weighted by atomic mass is 10.0. The molecule has 0 aromatic heterocycles. The number of carbonyl (C=O) groups is 1. The fourth-order valence-corrected chi connectivity index (χ4v) is 2.64. The first-order valence-electron chi connectivity index (χ1n) is 8.14. The highest BCUT2D eigenvalue weighted by Gasteiger charge is 2.14. The zero-order valence-electron chi connectivity index (χ0n) is 14.8. The third-order valence-electron chi connectivity index (χ3n) is 4.04. The Kier molecular flexibility index (Phi) is 6.24. The molecule has 0 saturated heterocycles. The Morgan fingerprint density at radius 1 is 1.04 bits per heavy atom. The molecule has 0 aliphatic carbocycles. The highest BCUT2D eigenvalue weighted by atomic mass is 16.5. The van der Waals surface area contributed by atoms with Crippen LogP contribution in [0.1, 0.15) is 36.1 Å². The van der Waals surface area contributed by atoms with Gasteiger partial charge in [0.25, 0.3) is 0 Å². The van der Waals surface area contributed by atoms with Gasteiger partial charge in [0.2, 0.25) is 5.91 Å². The average molecular weight is 327 g/mol. The molecule has 0 aliphatic heterocycles. The molecule has 4 heteroatoms. The van der Waals surface area contributed by atoms with Crippen molar-refractivity contribution in [3.05, 3.63) is 59.2 Å². The van der Waals surface area contributed by atoms with Gasteiger partial charge in [-0.2, -0.15) is 0 Å². The van der Waals surface area contributed by atoms with E-state index < -0.39 is 0 Å². The molecule has 0 unspecified atom stereocenters. The zero-order valence-corrected chi connectivity index (χ0v) is 14.8. The smallest absolute Gasteiger partial charge is 0.224 e. The minimum atomic E-state index is -0.00496. The number of methoxy groups -OCH3 is 2. The Hall–Kier alpha value is -2.49. The molecule has 0 heterocycles. The van der Waals surface area contributed by atoms with Gasteiger partial charge in [-0.15, -0.1) is 0 Å². The second-order valence-electron chi connectivity index (χ2n) is 5.81. The topological polar surface area (TPSA) is 47.6 Å². The van der Waals surface area contributed by atoms with Crippen LogP contribution in [0, 0.1) is 6.92 Å². The van der Waals surface area contributed by atoms with Gasteiger partial charge in [-0.3, -0.25) is 4.79 Å². The van der Waals surface area contributed by atoms with Crippen molar-refractivity contribution in [1.29, 1.82) is 0 Å². The largest absolute Gasteiger partial charge is 0.493 e. The molecular formula is C20H25NO3. The van der Waals surface area contributed by atoms with Gasteiger partial charge in [0.05, 0.1) is 26.7 Å². The summed E-state index contributed by atoms with van der Waals surface area (Å²) in [5.41, 5.74) is 3.23. The predicted octanol–water partition coefficient (Wildman–Crippen LogP) is 3.82. The van der Waals surface area contributed by atoms with Gasteiger partial charge in [-0.25, -0.2) is 0 Å². The van der Waals surface area contributed by atoms with Crippen molar-refractivity contribution in [3.8, 4) is 11.5 Å². The van der Waals surface area contributed by atoms with Gasteiger partial charge < -0.3 is 14.8 Å². The molecule has 2 aromatic carbocycles. The molecule has 0 fully saturated rings. The number of nitrogens with one attached hydrogen (secondary N) is 1. The van der Waals surface area contributed by atoms with Crippen LogP contribution in [-0.4, -0.2) is 20.1 Å². The van der Waals surface area contributed by atoms with Gasteiger partial charge in [-0.1, -0.05) is 42.8 Å². The Bertz CT molecular complexity index is 680. The van der Waals surface area contributed by atoms with E-state index in [9.17, 15) is 4.79 Å². The van der Waals surface area contributed by atoms with Gasteiger partial charge in [0.15, 0.2) is 11.5 Å². The first-order chi connectivity index (χ1) is 11.6. The van der Waals surface area contributed by atoms with Crippen LogP contribution < -0.4 is 14.8 Å².